The third kappa shape index (κ3) is 1.32. The van der Waals surface area contributed by atoms with E-state index in [9.17, 15) is 0 Å². The highest BCUT2D eigenvalue weighted by atomic mass is 15.4. The molecule has 1 aliphatic rings. The monoisotopic (exact) mass is 179 g/mol. The minimum absolute atomic E-state index is 0.528. The van der Waals surface area contributed by atoms with Crippen molar-refractivity contribution in [3.63, 3.8) is 0 Å². The van der Waals surface area contributed by atoms with Gasteiger partial charge in [-0.15, -0.1) is 0 Å². The van der Waals surface area contributed by atoms with E-state index < -0.39 is 0 Å². The lowest BCUT2D eigenvalue weighted by atomic mass is 10.1. The molecule has 0 bridgehead atoms. The first-order valence-corrected chi connectivity index (χ1v) is 5.02. The van der Waals surface area contributed by atoms with E-state index in [-0.39, 0.29) is 0 Å². The highest BCUT2D eigenvalue weighted by molar-refractivity contribution is 5.21. The van der Waals surface area contributed by atoms with E-state index in [0.717, 1.165) is 13.0 Å². The molecule has 0 aliphatic carbocycles. The van der Waals surface area contributed by atoms with Crippen LogP contribution in [0, 0.1) is 6.92 Å². The minimum atomic E-state index is 0.528. The van der Waals surface area contributed by atoms with E-state index >= 15 is 0 Å². The van der Waals surface area contributed by atoms with Gasteiger partial charge in [-0.25, -0.2) is 9.66 Å². The third-order valence-corrected chi connectivity index (χ3v) is 2.61. The van der Waals surface area contributed by atoms with Crippen LogP contribution in [-0.4, -0.2) is 16.2 Å². The van der Waals surface area contributed by atoms with Gasteiger partial charge in [-0.1, -0.05) is 13.8 Å². The van der Waals surface area contributed by atoms with Crippen LogP contribution in [0.25, 0.3) is 0 Å². The van der Waals surface area contributed by atoms with Gasteiger partial charge in [0.2, 0.25) is 0 Å². The predicted octanol–water partition coefficient (Wildman–Crippen LogP) is 1.80. The summed E-state index contributed by atoms with van der Waals surface area (Å²) >= 11 is 0. The normalized spacial score (nSPS) is 15.7. The predicted molar refractivity (Wildman–Crippen MR) is 53.6 cm³/mol. The summed E-state index contributed by atoms with van der Waals surface area (Å²) in [6.07, 6.45) is 2.31. The lowest BCUT2D eigenvalue weighted by Crippen LogP contribution is -2.25. The van der Waals surface area contributed by atoms with Gasteiger partial charge in [0.25, 0.3) is 0 Å². The number of nitrogens with zero attached hydrogens (tertiary/aromatic N) is 2. The summed E-state index contributed by atoms with van der Waals surface area (Å²) in [6.45, 7) is 7.61. The second-order valence-corrected chi connectivity index (χ2v) is 4.00. The van der Waals surface area contributed by atoms with Crippen LogP contribution in [0.4, 0.5) is 0 Å². The van der Waals surface area contributed by atoms with Crippen molar-refractivity contribution in [2.75, 3.05) is 12.0 Å². The Hall–Kier alpha value is -0.990. The number of hydrogen-bond donors (Lipinski definition) is 1. The van der Waals surface area contributed by atoms with Gasteiger partial charge in [0.05, 0.1) is 11.4 Å². The Balaban J connectivity index is 2.44. The number of aromatic nitrogens is 2. The Morgan fingerprint density at radius 2 is 2.23 bits per heavy atom. The second kappa shape index (κ2) is 3.05. The lowest BCUT2D eigenvalue weighted by Gasteiger charge is -2.17. The van der Waals surface area contributed by atoms with E-state index in [1.807, 2.05) is 0 Å². The van der Waals surface area contributed by atoms with Gasteiger partial charge < -0.3 is 5.43 Å². The standard InChI is InChI=1S/C10H17N3/c1-7(2)10-8(3)13-9(12-10)5-4-6-11-13/h7,11H,4-6H2,1-3H3. The summed E-state index contributed by atoms with van der Waals surface area (Å²) in [5.41, 5.74) is 5.88. The molecule has 0 amide bonds. The fraction of sp³-hybridized carbons (Fsp3) is 0.700. The van der Waals surface area contributed by atoms with Crippen LogP contribution < -0.4 is 5.43 Å². The van der Waals surface area contributed by atoms with Crippen molar-refractivity contribution in [3.05, 3.63) is 17.2 Å². The maximum absolute atomic E-state index is 4.65. The molecule has 0 spiro atoms. The first kappa shape index (κ1) is 8.60. The minimum Gasteiger partial charge on any atom is -0.324 e. The molecule has 0 radical (unpaired) electrons. The van der Waals surface area contributed by atoms with E-state index in [4.69, 9.17) is 0 Å². The summed E-state index contributed by atoms with van der Waals surface area (Å²) in [6, 6.07) is 0. The van der Waals surface area contributed by atoms with E-state index in [0.29, 0.717) is 5.92 Å². The molecule has 0 saturated carbocycles. The lowest BCUT2D eigenvalue weighted by molar-refractivity contribution is 0.638. The summed E-state index contributed by atoms with van der Waals surface area (Å²) in [7, 11) is 0. The Bertz CT molecular complexity index is 312. The summed E-state index contributed by atoms with van der Waals surface area (Å²) in [4.78, 5) is 4.65. The first-order valence-electron chi connectivity index (χ1n) is 5.02. The van der Waals surface area contributed by atoms with Gasteiger partial charge in [0.15, 0.2) is 0 Å². The van der Waals surface area contributed by atoms with E-state index in [2.05, 4.69) is 35.9 Å². The van der Waals surface area contributed by atoms with Gasteiger partial charge in [0.1, 0.15) is 5.82 Å². The molecule has 0 fully saturated rings. The molecule has 2 rings (SSSR count). The van der Waals surface area contributed by atoms with Crippen LogP contribution in [-0.2, 0) is 6.42 Å². The quantitative estimate of drug-likeness (QED) is 0.712. The zero-order chi connectivity index (χ0) is 9.42. The topological polar surface area (TPSA) is 29.9 Å². The fourth-order valence-corrected chi connectivity index (χ4v) is 1.94. The Labute approximate surface area is 79.1 Å². The highest BCUT2D eigenvalue weighted by Crippen LogP contribution is 2.20. The zero-order valence-electron chi connectivity index (χ0n) is 8.59. The molecule has 0 atom stereocenters. The summed E-state index contributed by atoms with van der Waals surface area (Å²) in [5, 5.41) is 0. The average Bonchev–Trinajstić information content (AvgIpc) is 2.45. The number of hydrogen-bond acceptors (Lipinski definition) is 2. The number of fused-ring (bicyclic) bond motifs is 1. The van der Waals surface area contributed by atoms with Gasteiger partial charge in [-0.2, -0.15) is 0 Å². The zero-order valence-corrected chi connectivity index (χ0v) is 8.59. The Morgan fingerprint density at radius 3 is 2.85 bits per heavy atom. The SMILES string of the molecule is Cc1c(C(C)C)nc2n1NCCC2. The number of rotatable bonds is 1. The third-order valence-electron chi connectivity index (χ3n) is 2.61. The molecular weight excluding hydrogens is 162 g/mol. The van der Waals surface area contributed by atoms with Gasteiger partial charge in [-0.05, 0) is 19.3 Å². The maximum Gasteiger partial charge on any atom is 0.128 e. The van der Waals surface area contributed by atoms with Crippen molar-refractivity contribution in [3.8, 4) is 0 Å². The molecule has 1 aromatic rings. The molecule has 1 aromatic heterocycles. The van der Waals surface area contributed by atoms with Crippen LogP contribution in [0.15, 0.2) is 0 Å². The van der Waals surface area contributed by atoms with Crippen molar-refractivity contribution < 1.29 is 0 Å². The van der Waals surface area contributed by atoms with Gasteiger partial charge in [-0.3, -0.25) is 0 Å². The van der Waals surface area contributed by atoms with Crippen LogP contribution in [0.3, 0.4) is 0 Å². The van der Waals surface area contributed by atoms with Crippen LogP contribution in [0.1, 0.15) is 43.4 Å². The molecule has 0 unspecified atom stereocenters. The molecule has 1 N–H and O–H groups in total. The van der Waals surface area contributed by atoms with Crippen LogP contribution in [0.2, 0.25) is 0 Å². The molecule has 2 heterocycles. The molecule has 3 heteroatoms. The first-order chi connectivity index (χ1) is 6.20. The molecule has 0 aromatic carbocycles. The largest absolute Gasteiger partial charge is 0.324 e. The average molecular weight is 179 g/mol. The summed E-state index contributed by atoms with van der Waals surface area (Å²) in [5.74, 6) is 1.73. The van der Waals surface area contributed by atoms with E-state index in [1.54, 1.807) is 0 Å². The Kier molecular flexibility index (Phi) is 2.02. The molecule has 1 aliphatic heterocycles. The van der Waals surface area contributed by atoms with Crippen molar-refractivity contribution in [2.45, 2.75) is 39.5 Å². The van der Waals surface area contributed by atoms with Crippen LogP contribution in [0.5, 0.6) is 0 Å². The van der Waals surface area contributed by atoms with Gasteiger partial charge >= 0.3 is 0 Å². The molecule has 3 nitrogen and oxygen atoms in total. The molecular formula is C10H17N3. The smallest absolute Gasteiger partial charge is 0.128 e. The number of nitrogens with one attached hydrogen (secondary N) is 1. The van der Waals surface area contributed by atoms with Crippen LogP contribution >= 0.6 is 0 Å². The number of imidazole rings is 1. The number of aryl methyl sites for hydroxylation is 1. The summed E-state index contributed by atoms with van der Waals surface area (Å²) < 4.78 is 2.15. The van der Waals surface area contributed by atoms with Crippen molar-refractivity contribution >= 4 is 0 Å². The van der Waals surface area contributed by atoms with Crippen molar-refractivity contribution in [1.29, 1.82) is 0 Å². The fourth-order valence-electron chi connectivity index (χ4n) is 1.94. The highest BCUT2D eigenvalue weighted by Gasteiger charge is 2.17. The molecule has 13 heavy (non-hydrogen) atoms. The van der Waals surface area contributed by atoms with E-state index in [1.165, 1.54) is 23.6 Å². The van der Waals surface area contributed by atoms with Crippen molar-refractivity contribution in [1.82, 2.24) is 9.66 Å². The Morgan fingerprint density at radius 1 is 1.46 bits per heavy atom. The maximum atomic E-state index is 4.65. The van der Waals surface area contributed by atoms with Gasteiger partial charge in [0, 0.05) is 13.0 Å². The molecule has 72 valence electrons. The molecule has 0 saturated heterocycles. The second-order valence-electron chi connectivity index (χ2n) is 4.00. The van der Waals surface area contributed by atoms with Crippen molar-refractivity contribution in [2.24, 2.45) is 0 Å².